The van der Waals surface area contributed by atoms with Gasteiger partial charge in [0.05, 0.1) is 29.7 Å². The minimum atomic E-state index is -0.375. The molecule has 3 heterocycles. The molecular weight excluding hydrogens is 660 g/mol. The average Bonchev–Trinajstić information content (AvgIpc) is 3.76. The molecule has 2 bridgehead atoms. The van der Waals surface area contributed by atoms with Crippen LogP contribution in [0.4, 0.5) is 5.69 Å². The van der Waals surface area contributed by atoms with E-state index in [1.165, 1.54) is 16.2 Å². The van der Waals surface area contributed by atoms with Crippen molar-refractivity contribution in [3.63, 3.8) is 0 Å². The monoisotopic (exact) mass is 688 g/mol. The Morgan fingerprint density at radius 2 is 1.73 bits per heavy atom. The van der Waals surface area contributed by atoms with Gasteiger partial charge in [-0.25, -0.2) is 0 Å². The number of amides is 2. The van der Waals surface area contributed by atoms with E-state index in [1.54, 1.807) is 43.1 Å². The summed E-state index contributed by atoms with van der Waals surface area (Å²) in [7, 11) is 1.59. The Kier molecular flexibility index (Phi) is 6.80. The van der Waals surface area contributed by atoms with Gasteiger partial charge >= 0.3 is 4.87 Å². The molecule has 1 N–H and O–H groups in total. The van der Waals surface area contributed by atoms with Gasteiger partial charge in [0, 0.05) is 26.1 Å². The second-order valence-corrected chi connectivity index (χ2v) is 15.2. The second-order valence-electron chi connectivity index (χ2n) is 12.1. The Labute approximate surface area is 271 Å². The van der Waals surface area contributed by atoms with Gasteiger partial charge in [0.2, 0.25) is 11.8 Å². The minimum Gasteiger partial charge on any atom is -0.497 e. The predicted molar refractivity (Wildman–Crippen MR) is 174 cm³/mol. The number of rotatable bonds is 6. The fraction of sp³-hybridized carbons (Fsp3) is 0.324. The lowest BCUT2D eigenvalue weighted by atomic mass is 9.68. The van der Waals surface area contributed by atoms with Gasteiger partial charge < -0.3 is 14.5 Å². The number of hydrogen-bond acceptors (Lipinski definition) is 7. The summed E-state index contributed by atoms with van der Waals surface area (Å²) >= 11 is 6.64. The summed E-state index contributed by atoms with van der Waals surface area (Å²) in [6, 6.07) is 21.4. The molecule has 0 spiro atoms. The first kappa shape index (κ1) is 28.2. The number of benzene rings is 3. The van der Waals surface area contributed by atoms with Crippen LogP contribution in [0.25, 0.3) is 0 Å². The largest absolute Gasteiger partial charge is 0.497 e. The second kappa shape index (κ2) is 10.6. The number of fused-ring (bicyclic) bond motifs is 9. The SMILES string of the molecule is COc1ccc(N2C(=O)C3C(C2=O)[C@@H]2C[C@H]3C3Sc4[nH]c(=O)sc4C(c4cc(Br)ccc4OCc4ccccc4C)C32)cc1. The fourth-order valence-electron chi connectivity index (χ4n) is 8.17. The molecule has 4 aliphatic rings. The van der Waals surface area contributed by atoms with Gasteiger partial charge in [-0.1, -0.05) is 51.5 Å². The molecule has 1 saturated heterocycles. The van der Waals surface area contributed by atoms with E-state index in [9.17, 15) is 14.4 Å². The third kappa shape index (κ3) is 4.24. The van der Waals surface area contributed by atoms with Gasteiger partial charge in [-0.05, 0) is 84.7 Å². The van der Waals surface area contributed by atoms with E-state index in [1.807, 2.05) is 24.3 Å². The maximum absolute atomic E-state index is 14.1. The topological polar surface area (TPSA) is 88.7 Å². The average molecular weight is 690 g/mol. The first-order chi connectivity index (χ1) is 21.3. The van der Waals surface area contributed by atoms with Gasteiger partial charge in [0.15, 0.2) is 0 Å². The van der Waals surface area contributed by atoms with Crippen molar-refractivity contribution in [3.8, 4) is 11.5 Å². The maximum atomic E-state index is 14.1. The normalized spacial score (nSPS) is 28.2. The van der Waals surface area contributed by atoms with Crippen LogP contribution in [-0.4, -0.2) is 29.2 Å². The van der Waals surface area contributed by atoms with Gasteiger partial charge in [-0.3, -0.25) is 19.3 Å². The molecule has 8 rings (SSSR count). The molecular formula is C34H29BrN2O5S2. The molecule has 2 aliphatic carbocycles. The molecule has 1 aromatic heterocycles. The van der Waals surface area contributed by atoms with Crippen molar-refractivity contribution >= 4 is 56.5 Å². The first-order valence-corrected chi connectivity index (χ1v) is 17.2. The zero-order valence-corrected chi connectivity index (χ0v) is 27.2. The summed E-state index contributed by atoms with van der Waals surface area (Å²) in [5.74, 6) is 0.491. The number of anilines is 1. The summed E-state index contributed by atoms with van der Waals surface area (Å²) in [6.07, 6.45) is 0.828. The lowest BCUT2D eigenvalue weighted by Crippen LogP contribution is -2.42. The van der Waals surface area contributed by atoms with Gasteiger partial charge in [0.1, 0.15) is 18.1 Å². The number of aryl methyl sites for hydroxylation is 1. The number of halogens is 1. The molecule has 3 aromatic carbocycles. The number of imide groups is 1. The Hall–Kier alpha value is -3.34. The maximum Gasteiger partial charge on any atom is 0.305 e. The van der Waals surface area contributed by atoms with E-state index in [0.29, 0.717) is 18.0 Å². The van der Waals surface area contributed by atoms with Crippen molar-refractivity contribution < 1.29 is 19.1 Å². The molecule has 224 valence electrons. The number of thiazole rings is 1. The quantitative estimate of drug-likeness (QED) is 0.225. The molecule has 5 unspecified atom stereocenters. The first-order valence-electron chi connectivity index (χ1n) is 14.7. The number of methoxy groups -OCH3 is 1. The Bertz CT molecular complexity index is 1870. The predicted octanol–water partition coefficient (Wildman–Crippen LogP) is 6.77. The third-order valence-electron chi connectivity index (χ3n) is 10.0. The van der Waals surface area contributed by atoms with Crippen LogP contribution >= 0.6 is 39.0 Å². The summed E-state index contributed by atoms with van der Waals surface area (Å²) in [6.45, 7) is 2.50. The number of carbonyl (C=O) groups excluding carboxylic acids is 2. The number of ether oxygens (including phenoxy) is 2. The molecule has 3 fully saturated rings. The van der Waals surface area contributed by atoms with Gasteiger partial charge in [0.25, 0.3) is 0 Å². The van der Waals surface area contributed by atoms with Crippen LogP contribution in [0.3, 0.4) is 0 Å². The fourth-order valence-corrected chi connectivity index (χ4v) is 11.4. The lowest BCUT2D eigenvalue weighted by molar-refractivity contribution is -0.123. The zero-order valence-electron chi connectivity index (χ0n) is 24.0. The number of carbonyl (C=O) groups is 2. The molecule has 7 atom stereocenters. The van der Waals surface area contributed by atoms with E-state index in [0.717, 1.165) is 43.2 Å². The zero-order chi connectivity index (χ0) is 30.3. The molecule has 2 aliphatic heterocycles. The van der Waals surface area contributed by atoms with Crippen molar-refractivity contribution in [2.24, 2.45) is 29.6 Å². The molecule has 10 heteroatoms. The van der Waals surface area contributed by atoms with Crippen molar-refractivity contribution in [2.45, 2.75) is 36.1 Å². The number of H-pyrrole nitrogens is 1. The molecule has 0 radical (unpaired) electrons. The number of thioether (sulfide) groups is 1. The number of aromatic nitrogens is 1. The lowest BCUT2D eigenvalue weighted by Gasteiger charge is -2.43. The standard InChI is InChI=1S/C34H29BrN2O5S2/c1-16-5-3-4-6-17(16)15-42-24-12-7-18(35)13-21(24)25-26-22-14-23(29(26)43-31-30(25)44-34(40)36-31)28-27(22)32(38)37(33(28)39)19-8-10-20(41-2)11-9-19/h3-13,22-23,25-29H,14-15H2,1-2H3,(H,36,40)/t22-,23-,25?,26?,27?,28?,29?/m1/s1. The number of nitrogens with one attached hydrogen (secondary N) is 1. The molecule has 4 aromatic rings. The highest BCUT2D eigenvalue weighted by atomic mass is 79.9. The van der Waals surface area contributed by atoms with Crippen LogP contribution in [0.5, 0.6) is 11.5 Å². The smallest absolute Gasteiger partial charge is 0.305 e. The van der Waals surface area contributed by atoms with E-state index in [4.69, 9.17) is 9.47 Å². The van der Waals surface area contributed by atoms with E-state index in [2.05, 4.69) is 46.0 Å². The highest BCUT2D eigenvalue weighted by Crippen LogP contribution is 2.69. The van der Waals surface area contributed by atoms with Crippen LogP contribution in [0, 0.1) is 36.5 Å². The van der Waals surface area contributed by atoms with Gasteiger partial charge in [-0.2, -0.15) is 0 Å². The summed E-state index contributed by atoms with van der Waals surface area (Å²) < 4.78 is 12.7. The van der Waals surface area contributed by atoms with E-state index >= 15 is 0 Å². The summed E-state index contributed by atoms with van der Waals surface area (Å²) in [5, 5.41) is 0.976. The van der Waals surface area contributed by atoms with Crippen molar-refractivity contribution in [3.05, 3.63) is 102 Å². The molecule has 2 amide bonds. The molecule has 2 saturated carbocycles. The Morgan fingerprint density at radius 3 is 2.48 bits per heavy atom. The highest BCUT2D eigenvalue weighted by molar-refractivity contribution is 9.10. The number of aromatic amines is 1. The van der Waals surface area contributed by atoms with E-state index < -0.39 is 0 Å². The van der Waals surface area contributed by atoms with Crippen LogP contribution in [0.15, 0.2) is 81.0 Å². The highest BCUT2D eigenvalue weighted by Gasteiger charge is 2.69. The van der Waals surface area contributed by atoms with Crippen LogP contribution < -0.4 is 19.2 Å². The summed E-state index contributed by atoms with van der Waals surface area (Å²) in [4.78, 5) is 46.2. The van der Waals surface area contributed by atoms with Crippen LogP contribution in [0.2, 0.25) is 0 Å². The van der Waals surface area contributed by atoms with Gasteiger partial charge in [-0.15, -0.1) is 11.8 Å². The third-order valence-corrected chi connectivity index (χ3v) is 13.1. The summed E-state index contributed by atoms with van der Waals surface area (Å²) in [5.41, 5.74) is 3.87. The number of nitrogens with zero attached hydrogens (tertiary/aromatic N) is 1. The Balaban J connectivity index is 1.19. The van der Waals surface area contributed by atoms with Crippen molar-refractivity contribution in [1.82, 2.24) is 4.98 Å². The van der Waals surface area contributed by atoms with Crippen LogP contribution in [0.1, 0.15) is 33.9 Å². The van der Waals surface area contributed by atoms with Crippen molar-refractivity contribution in [2.75, 3.05) is 12.0 Å². The molecule has 7 nitrogen and oxygen atoms in total. The van der Waals surface area contributed by atoms with Crippen LogP contribution in [-0.2, 0) is 16.2 Å². The van der Waals surface area contributed by atoms with Crippen molar-refractivity contribution in [1.29, 1.82) is 0 Å². The Morgan fingerprint density at radius 1 is 0.977 bits per heavy atom. The van der Waals surface area contributed by atoms with E-state index in [-0.39, 0.29) is 57.4 Å². The molecule has 44 heavy (non-hydrogen) atoms. The number of hydrogen-bond donors (Lipinski definition) is 1. The minimum absolute atomic E-state index is 0.0146.